The van der Waals surface area contributed by atoms with E-state index in [1.54, 1.807) is 0 Å². The van der Waals surface area contributed by atoms with Gasteiger partial charge in [0.25, 0.3) is 6.33 Å². The number of hydrogen-bond acceptors (Lipinski definition) is 0. The first-order valence-corrected chi connectivity index (χ1v) is 10.1. The average Bonchev–Trinajstić information content (AvgIpc) is 3.31. The Morgan fingerprint density at radius 1 is 0.935 bits per heavy atom. The van der Waals surface area contributed by atoms with Crippen LogP contribution >= 0.6 is 0 Å². The molecule has 0 unspecified atom stereocenters. The third kappa shape index (κ3) is 3.55. The number of halogens is 4. The molecule has 0 fully saturated rings. The standard InChI is InChI=1S/C24H21F3N3.ClH/c1-2-3-13-30-21-7-5-4-6-19(21)20-12-14-28-16-29(15-22(28)23(20)30)18-10-8-17(9-11-18)24(25,26)27;/h4-12,14-16H,2-3,13H2,1H3;1H/q+1;/p-1. The van der Waals surface area contributed by atoms with Crippen molar-refractivity contribution in [1.29, 1.82) is 0 Å². The fraction of sp³-hybridized carbons (Fsp3) is 0.208. The van der Waals surface area contributed by atoms with Gasteiger partial charge in [-0.25, -0.2) is 8.97 Å². The summed E-state index contributed by atoms with van der Waals surface area (Å²) >= 11 is 0. The van der Waals surface area contributed by atoms with Crippen LogP contribution in [0.1, 0.15) is 25.3 Å². The topological polar surface area (TPSA) is 14.0 Å². The molecule has 3 nitrogen and oxygen atoms in total. The summed E-state index contributed by atoms with van der Waals surface area (Å²) < 4.78 is 45.0. The van der Waals surface area contributed by atoms with Crippen molar-refractivity contribution in [1.82, 2.24) is 9.13 Å². The van der Waals surface area contributed by atoms with Crippen LogP contribution in [-0.4, -0.2) is 9.13 Å². The molecule has 0 saturated heterocycles. The number of para-hydroxylation sites is 1. The van der Waals surface area contributed by atoms with E-state index in [2.05, 4.69) is 41.8 Å². The molecule has 5 aromatic rings. The monoisotopic (exact) mass is 443 g/mol. The molecule has 3 heterocycles. The Morgan fingerprint density at radius 2 is 1.68 bits per heavy atom. The van der Waals surface area contributed by atoms with Crippen molar-refractivity contribution in [2.24, 2.45) is 0 Å². The van der Waals surface area contributed by atoms with E-state index in [-0.39, 0.29) is 12.4 Å². The zero-order valence-corrected chi connectivity index (χ0v) is 17.7. The molecule has 0 amide bonds. The van der Waals surface area contributed by atoms with Gasteiger partial charge in [-0.3, -0.25) is 0 Å². The minimum absolute atomic E-state index is 0. The molecule has 0 atom stereocenters. The van der Waals surface area contributed by atoms with Crippen LogP contribution in [0.5, 0.6) is 0 Å². The number of nitrogens with zero attached hydrogens (tertiary/aromatic N) is 3. The summed E-state index contributed by atoms with van der Waals surface area (Å²) in [4.78, 5) is 0. The summed E-state index contributed by atoms with van der Waals surface area (Å²) in [5, 5.41) is 2.40. The molecule has 0 radical (unpaired) electrons. The molecular formula is C24H21ClF3N3. The predicted molar refractivity (Wildman–Crippen MR) is 112 cm³/mol. The van der Waals surface area contributed by atoms with E-state index >= 15 is 0 Å². The lowest BCUT2D eigenvalue weighted by molar-refractivity contribution is -0.510. The third-order valence-electron chi connectivity index (χ3n) is 5.67. The molecule has 3 aromatic heterocycles. The number of imidazole rings is 1. The second-order valence-electron chi connectivity index (χ2n) is 7.59. The third-order valence-corrected chi connectivity index (χ3v) is 5.67. The van der Waals surface area contributed by atoms with E-state index in [4.69, 9.17) is 0 Å². The molecule has 160 valence electrons. The lowest BCUT2D eigenvalue weighted by Crippen LogP contribution is -3.00. The van der Waals surface area contributed by atoms with Gasteiger partial charge in [-0.15, -0.1) is 0 Å². The predicted octanol–water partition coefficient (Wildman–Crippen LogP) is 3.15. The van der Waals surface area contributed by atoms with Crippen molar-refractivity contribution in [2.75, 3.05) is 0 Å². The van der Waals surface area contributed by atoms with E-state index in [1.807, 2.05) is 27.7 Å². The average molecular weight is 444 g/mol. The van der Waals surface area contributed by atoms with Crippen molar-refractivity contribution in [3.05, 3.63) is 78.9 Å². The fourth-order valence-corrected chi connectivity index (χ4v) is 4.17. The number of pyridine rings is 1. The van der Waals surface area contributed by atoms with Gasteiger partial charge in [0.05, 0.1) is 11.8 Å². The first-order chi connectivity index (χ1) is 14.5. The minimum Gasteiger partial charge on any atom is -1.00 e. The number of unbranched alkanes of at least 4 members (excludes halogenated alkanes) is 1. The first-order valence-electron chi connectivity index (χ1n) is 10.1. The number of benzene rings is 2. The Balaban J connectivity index is 0.00000231. The number of hydrogen-bond donors (Lipinski definition) is 0. The van der Waals surface area contributed by atoms with Crippen LogP contribution in [0.3, 0.4) is 0 Å². The van der Waals surface area contributed by atoms with Crippen molar-refractivity contribution >= 4 is 27.3 Å². The molecule has 31 heavy (non-hydrogen) atoms. The molecule has 0 spiro atoms. The van der Waals surface area contributed by atoms with Crippen LogP contribution in [0.25, 0.3) is 33.0 Å². The molecule has 0 N–H and O–H groups in total. The van der Waals surface area contributed by atoms with Crippen LogP contribution < -0.4 is 16.8 Å². The van der Waals surface area contributed by atoms with E-state index < -0.39 is 11.7 Å². The molecule has 0 aliphatic heterocycles. The van der Waals surface area contributed by atoms with Gasteiger partial charge in [-0.2, -0.15) is 13.2 Å². The Labute approximate surface area is 183 Å². The van der Waals surface area contributed by atoms with Gasteiger partial charge in [0, 0.05) is 22.8 Å². The van der Waals surface area contributed by atoms with Gasteiger partial charge >= 0.3 is 6.18 Å². The normalized spacial score (nSPS) is 12.0. The fourth-order valence-electron chi connectivity index (χ4n) is 4.17. The maximum atomic E-state index is 12.9. The highest BCUT2D eigenvalue weighted by atomic mass is 35.5. The van der Waals surface area contributed by atoms with Gasteiger partial charge in [0.2, 0.25) is 0 Å². The molecule has 0 aliphatic rings. The number of alkyl halides is 3. The number of rotatable bonds is 4. The van der Waals surface area contributed by atoms with E-state index in [0.717, 1.165) is 42.6 Å². The summed E-state index contributed by atoms with van der Waals surface area (Å²) in [5.74, 6) is 0. The van der Waals surface area contributed by atoms with Crippen LogP contribution in [0.2, 0.25) is 0 Å². The Kier molecular flexibility index (Phi) is 5.43. The molecule has 5 rings (SSSR count). The highest BCUT2D eigenvalue weighted by Gasteiger charge is 2.30. The zero-order valence-electron chi connectivity index (χ0n) is 16.9. The summed E-state index contributed by atoms with van der Waals surface area (Å²) in [6.45, 7) is 3.10. The molecule has 7 heteroatoms. The molecule has 0 bridgehead atoms. The van der Waals surface area contributed by atoms with Gasteiger partial charge in [0.1, 0.15) is 17.4 Å². The zero-order chi connectivity index (χ0) is 20.9. The number of aryl methyl sites for hydroxylation is 1. The van der Waals surface area contributed by atoms with Gasteiger partial charge < -0.3 is 17.0 Å². The van der Waals surface area contributed by atoms with Crippen molar-refractivity contribution < 1.29 is 30.0 Å². The second kappa shape index (κ2) is 7.93. The summed E-state index contributed by atoms with van der Waals surface area (Å²) in [6, 6.07) is 15.8. The SMILES string of the molecule is CCCCn1c2ccccc2c2cc[n+]3cn(-c4ccc(C(F)(F)F)cc4)cc3c21.[Cl-]. The Morgan fingerprint density at radius 3 is 2.39 bits per heavy atom. The highest BCUT2D eigenvalue weighted by molar-refractivity contribution is 6.11. The van der Waals surface area contributed by atoms with Crippen LogP contribution in [-0.2, 0) is 12.7 Å². The quantitative estimate of drug-likeness (QED) is 0.379. The van der Waals surface area contributed by atoms with Crippen LogP contribution in [0.4, 0.5) is 13.2 Å². The molecular weight excluding hydrogens is 423 g/mol. The van der Waals surface area contributed by atoms with Crippen molar-refractivity contribution in [3.8, 4) is 5.69 Å². The lowest BCUT2D eigenvalue weighted by atomic mass is 10.2. The van der Waals surface area contributed by atoms with Gasteiger partial charge in [-0.05, 0) is 42.8 Å². The van der Waals surface area contributed by atoms with Crippen molar-refractivity contribution in [3.63, 3.8) is 0 Å². The van der Waals surface area contributed by atoms with E-state index in [0.29, 0.717) is 5.69 Å². The lowest BCUT2D eigenvalue weighted by Gasteiger charge is -2.06. The van der Waals surface area contributed by atoms with E-state index in [9.17, 15) is 13.2 Å². The summed E-state index contributed by atoms with van der Waals surface area (Å²) in [5.41, 5.74) is 3.43. The first kappa shape index (κ1) is 21.2. The molecule has 0 aliphatic carbocycles. The van der Waals surface area contributed by atoms with Gasteiger partial charge in [0.15, 0.2) is 5.52 Å². The smallest absolute Gasteiger partial charge is 0.416 e. The summed E-state index contributed by atoms with van der Waals surface area (Å²) in [6.07, 6.45) is 3.75. The van der Waals surface area contributed by atoms with Crippen LogP contribution in [0, 0.1) is 0 Å². The highest BCUT2D eigenvalue weighted by Crippen LogP contribution is 2.32. The van der Waals surface area contributed by atoms with Gasteiger partial charge in [-0.1, -0.05) is 31.5 Å². The molecule has 2 aromatic carbocycles. The van der Waals surface area contributed by atoms with Crippen LogP contribution in [0.15, 0.2) is 73.3 Å². The largest absolute Gasteiger partial charge is 1.00 e. The maximum Gasteiger partial charge on any atom is 0.416 e. The Hall–Kier alpha value is -2.99. The number of aromatic nitrogens is 3. The van der Waals surface area contributed by atoms with Crippen molar-refractivity contribution in [2.45, 2.75) is 32.5 Å². The van der Waals surface area contributed by atoms with E-state index in [1.165, 1.54) is 28.4 Å². The number of fused-ring (bicyclic) bond motifs is 5. The summed E-state index contributed by atoms with van der Waals surface area (Å²) in [7, 11) is 0. The minimum atomic E-state index is -4.33. The maximum absolute atomic E-state index is 12.9. The second-order valence-corrected chi connectivity index (χ2v) is 7.59. The molecule has 0 saturated carbocycles. The Bertz CT molecular complexity index is 1360.